The molecule has 1 atom stereocenters. The van der Waals surface area contributed by atoms with Crippen molar-refractivity contribution in [3.63, 3.8) is 0 Å². The van der Waals surface area contributed by atoms with Crippen molar-refractivity contribution in [2.45, 2.75) is 11.0 Å². The molecule has 78 valence electrons. The maximum atomic E-state index is 10.0. The molecule has 1 nitrogen and oxygen atoms in total. The zero-order valence-corrected chi connectivity index (χ0v) is 10.0. The van der Waals surface area contributed by atoms with Crippen LogP contribution < -0.4 is 0 Å². The van der Waals surface area contributed by atoms with Gasteiger partial charge in [0.25, 0.3) is 0 Å². The Morgan fingerprint density at radius 3 is 2.47 bits per heavy atom. The Balaban J connectivity index is 2.22. The third-order valence-corrected chi connectivity index (χ3v) is 3.91. The Morgan fingerprint density at radius 2 is 1.93 bits per heavy atom. The average molecular weight is 236 g/mol. The second-order valence-corrected chi connectivity index (χ2v) is 5.05. The Kier molecular flexibility index (Phi) is 3.46. The highest BCUT2D eigenvalue weighted by Crippen LogP contribution is 2.27. The van der Waals surface area contributed by atoms with Gasteiger partial charge in [-0.3, -0.25) is 0 Å². The minimum atomic E-state index is -0.485. The summed E-state index contributed by atoms with van der Waals surface area (Å²) in [5, 5.41) is 12.0. The molecule has 0 bridgehead atoms. The van der Waals surface area contributed by atoms with Gasteiger partial charge in [-0.1, -0.05) is 18.2 Å². The number of rotatable bonds is 3. The van der Waals surface area contributed by atoms with E-state index in [1.807, 2.05) is 48.0 Å². The topological polar surface area (TPSA) is 20.2 Å². The molecule has 0 aliphatic carbocycles. The number of aliphatic hydroxyl groups is 1. The molecular weight excluding hydrogens is 224 g/mol. The predicted octanol–water partition coefficient (Wildman–Crippen LogP) is 3.55. The van der Waals surface area contributed by atoms with Crippen molar-refractivity contribution in [1.29, 1.82) is 0 Å². The number of benzene rings is 1. The first-order valence-electron chi connectivity index (χ1n) is 4.66. The van der Waals surface area contributed by atoms with Crippen LogP contribution in [0.4, 0.5) is 0 Å². The third kappa shape index (κ3) is 2.43. The van der Waals surface area contributed by atoms with Gasteiger partial charge in [-0.25, -0.2) is 0 Å². The van der Waals surface area contributed by atoms with Gasteiger partial charge < -0.3 is 5.11 Å². The molecule has 1 unspecified atom stereocenters. The van der Waals surface area contributed by atoms with Gasteiger partial charge >= 0.3 is 0 Å². The quantitative estimate of drug-likeness (QED) is 0.822. The van der Waals surface area contributed by atoms with Gasteiger partial charge in [-0.05, 0) is 35.4 Å². The highest BCUT2D eigenvalue weighted by molar-refractivity contribution is 7.98. The van der Waals surface area contributed by atoms with E-state index < -0.39 is 6.10 Å². The molecule has 3 heteroatoms. The summed E-state index contributed by atoms with van der Waals surface area (Å²) in [5.74, 6) is 0. The number of thioether (sulfide) groups is 1. The van der Waals surface area contributed by atoms with Crippen molar-refractivity contribution >= 4 is 23.1 Å². The van der Waals surface area contributed by atoms with E-state index in [4.69, 9.17) is 0 Å². The summed E-state index contributed by atoms with van der Waals surface area (Å²) in [6.07, 6.45) is 1.56. The van der Waals surface area contributed by atoms with Crippen LogP contribution >= 0.6 is 23.1 Å². The number of hydrogen-bond donors (Lipinski definition) is 1. The number of hydrogen-bond acceptors (Lipinski definition) is 3. The van der Waals surface area contributed by atoms with Crippen LogP contribution in [-0.4, -0.2) is 11.4 Å². The highest BCUT2D eigenvalue weighted by atomic mass is 32.2. The van der Waals surface area contributed by atoms with E-state index in [1.165, 1.54) is 4.90 Å². The number of aliphatic hydroxyl groups excluding tert-OH is 1. The van der Waals surface area contributed by atoms with Crippen LogP contribution in [0.25, 0.3) is 0 Å². The monoisotopic (exact) mass is 236 g/mol. The largest absolute Gasteiger partial charge is 0.383 e. The molecule has 0 saturated heterocycles. The van der Waals surface area contributed by atoms with Gasteiger partial charge in [0, 0.05) is 9.77 Å². The van der Waals surface area contributed by atoms with Crippen LogP contribution in [0.5, 0.6) is 0 Å². The lowest BCUT2D eigenvalue weighted by atomic mass is 10.1. The minimum Gasteiger partial charge on any atom is -0.383 e. The first-order valence-corrected chi connectivity index (χ1v) is 6.77. The van der Waals surface area contributed by atoms with Crippen molar-refractivity contribution < 1.29 is 5.11 Å². The fourth-order valence-corrected chi connectivity index (χ4v) is 2.54. The molecule has 0 spiro atoms. The SMILES string of the molecule is CSc1ccc(C(O)c2cccs2)cc1. The highest BCUT2D eigenvalue weighted by Gasteiger charge is 2.10. The van der Waals surface area contributed by atoms with Crippen molar-refractivity contribution in [2.75, 3.05) is 6.26 Å². The summed E-state index contributed by atoms with van der Waals surface area (Å²) >= 11 is 3.29. The van der Waals surface area contributed by atoms with Crippen molar-refractivity contribution in [1.82, 2.24) is 0 Å². The number of thiophene rings is 1. The Labute approximate surface area is 97.8 Å². The standard InChI is InChI=1S/C12H12OS2/c1-14-10-6-4-9(5-7-10)12(13)11-3-2-8-15-11/h2-8,12-13H,1H3. The normalized spacial score (nSPS) is 12.7. The van der Waals surface area contributed by atoms with Crippen LogP contribution in [0, 0.1) is 0 Å². The van der Waals surface area contributed by atoms with Gasteiger partial charge in [0.2, 0.25) is 0 Å². The molecule has 2 rings (SSSR count). The van der Waals surface area contributed by atoms with Crippen molar-refractivity contribution in [3.05, 3.63) is 52.2 Å². The van der Waals surface area contributed by atoms with Crippen LogP contribution in [0.2, 0.25) is 0 Å². The lowest BCUT2D eigenvalue weighted by molar-refractivity contribution is 0.224. The Bertz CT molecular complexity index is 406. The Hall–Kier alpha value is -0.770. The van der Waals surface area contributed by atoms with E-state index in [1.54, 1.807) is 23.1 Å². The van der Waals surface area contributed by atoms with Gasteiger partial charge in [0.1, 0.15) is 6.10 Å². The van der Waals surface area contributed by atoms with Crippen LogP contribution in [-0.2, 0) is 0 Å². The van der Waals surface area contributed by atoms with Gasteiger partial charge in [0.05, 0.1) is 0 Å². The summed E-state index contributed by atoms with van der Waals surface area (Å²) in [6.45, 7) is 0. The lowest BCUT2D eigenvalue weighted by Gasteiger charge is -2.09. The molecular formula is C12H12OS2. The molecule has 0 fully saturated rings. The van der Waals surface area contributed by atoms with Gasteiger partial charge in [-0.15, -0.1) is 23.1 Å². The zero-order valence-electron chi connectivity index (χ0n) is 8.38. The van der Waals surface area contributed by atoms with Gasteiger partial charge in [-0.2, -0.15) is 0 Å². The van der Waals surface area contributed by atoms with E-state index in [0.717, 1.165) is 10.4 Å². The van der Waals surface area contributed by atoms with Crippen molar-refractivity contribution in [2.24, 2.45) is 0 Å². The van der Waals surface area contributed by atoms with Crippen molar-refractivity contribution in [3.8, 4) is 0 Å². The summed E-state index contributed by atoms with van der Waals surface area (Å²) < 4.78 is 0. The molecule has 0 saturated carbocycles. The van der Waals surface area contributed by atoms with Crippen LogP contribution in [0.15, 0.2) is 46.7 Å². The fraction of sp³-hybridized carbons (Fsp3) is 0.167. The smallest absolute Gasteiger partial charge is 0.113 e. The third-order valence-electron chi connectivity index (χ3n) is 2.24. The van der Waals surface area contributed by atoms with E-state index in [-0.39, 0.29) is 0 Å². The second-order valence-electron chi connectivity index (χ2n) is 3.19. The zero-order chi connectivity index (χ0) is 10.7. The molecule has 0 aliphatic heterocycles. The predicted molar refractivity (Wildman–Crippen MR) is 66.6 cm³/mol. The van der Waals surface area contributed by atoms with E-state index in [0.29, 0.717) is 0 Å². The summed E-state index contributed by atoms with van der Waals surface area (Å²) in [4.78, 5) is 2.21. The summed E-state index contributed by atoms with van der Waals surface area (Å²) in [5.41, 5.74) is 0.954. The summed E-state index contributed by atoms with van der Waals surface area (Å²) in [6, 6.07) is 12.0. The second kappa shape index (κ2) is 4.84. The van der Waals surface area contributed by atoms with E-state index in [9.17, 15) is 5.11 Å². The molecule has 1 aromatic heterocycles. The average Bonchev–Trinajstić information content (AvgIpc) is 2.82. The summed E-state index contributed by atoms with van der Waals surface area (Å²) in [7, 11) is 0. The lowest BCUT2D eigenvalue weighted by Crippen LogP contribution is -1.96. The molecule has 1 aromatic carbocycles. The molecule has 15 heavy (non-hydrogen) atoms. The fourth-order valence-electron chi connectivity index (χ4n) is 1.40. The molecule has 1 heterocycles. The Morgan fingerprint density at radius 1 is 1.20 bits per heavy atom. The molecule has 1 N–H and O–H groups in total. The van der Waals surface area contributed by atoms with Gasteiger partial charge in [0.15, 0.2) is 0 Å². The van der Waals surface area contributed by atoms with Crippen LogP contribution in [0.1, 0.15) is 16.5 Å². The van der Waals surface area contributed by atoms with E-state index in [2.05, 4.69) is 0 Å². The maximum Gasteiger partial charge on any atom is 0.113 e. The van der Waals surface area contributed by atoms with E-state index >= 15 is 0 Å². The molecule has 0 aliphatic rings. The molecule has 2 aromatic rings. The molecule has 0 radical (unpaired) electrons. The van der Waals surface area contributed by atoms with Crippen LogP contribution in [0.3, 0.4) is 0 Å². The first-order chi connectivity index (χ1) is 7.31. The first kappa shape index (κ1) is 10.7. The minimum absolute atomic E-state index is 0.485. The maximum absolute atomic E-state index is 10.0. The molecule has 0 amide bonds.